The number of likely N-dealkylation sites (tertiary alicyclic amines) is 1. The number of carbonyl (C=O) groups excluding carboxylic acids is 1. The highest BCUT2D eigenvalue weighted by molar-refractivity contribution is 7.12. The van der Waals surface area contributed by atoms with Crippen molar-refractivity contribution in [1.82, 2.24) is 9.80 Å². The maximum Gasteiger partial charge on any atom is 0.264 e. The van der Waals surface area contributed by atoms with Gasteiger partial charge in [0.1, 0.15) is 0 Å². The Labute approximate surface area is 137 Å². The third-order valence-electron chi connectivity index (χ3n) is 4.89. The van der Waals surface area contributed by atoms with Gasteiger partial charge in [-0.2, -0.15) is 0 Å². The van der Waals surface area contributed by atoms with E-state index < -0.39 is 0 Å². The third kappa shape index (κ3) is 3.07. The van der Waals surface area contributed by atoms with Gasteiger partial charge in [-0.15, -0.1) is 11.3 Å². The van der Waals surface area contributed by atoms with E-state index in [2.05, 4.69) is 36.6 Å². The SMILES string of the molecule is CC(C)c1ccsc1C(=O)N1C[C@H](C)[C@@H](N2CCOCC2)C1. The van der Waals surface area contributed by atoms with Crippen molar-refractivity contribution >= 4 is 17.2 Å². The highest BCUT2D eigenvalue weighted by Gasteiger charge is 2.37. The molecular weight excluding hydrogens is 296 g/mol. The summed E-state index contributed by atoms with van der Waals surface area (Å²) in [6.45, 7) is 11.9. The lowest BCUT2D eigenvalue weighted by Gasteiger charge is -2.34. The van der Waals surface area contributed by atoms with Gasteiger partial charge in [-0.1, -0.05) is 20.8 Å². The van der Waals surface area contributed by atoms with E-state index in [1.807, 2.05) is 5.38 Å². The number of morpholine rings is 1. The van der Waals surface area contributed by atoms with Gasteiger partial charge in [0, 0.05) is 32.2 Å². The van der Waals surface area contributed by atoms with E-state index in [-0.39, 0.29) is 5.91 Å². The number of carbonyl (C=O) groups is 1. The first-order chi connectivity index (χ1) is 10.6. The Balaban J connectivity index is 1.70. The van der Waals surface area contributed by atoms with Crippen molar-refractivity contribution in [2.45, 2.75) is 32.7 Å². The summed E-state index contributed by atoms with van der Waals surface area (Å²) in [6, 6.07) is 2.58. The van der Waals surface area contributed by atoms with Crippen LogP contribution in [-0.4, -0.2) is 61.1 Å². The van der Waals surface area contributed by atoms with Crippen molar-refractivity contribution < 1.29 is 9.53 Å². The predicted molar refractivity (Wildman–Crippen MR) is 89.7 cm³/mol. The Hall–Kier alpha value is -0.910. The standard InChI is InChI=1S/C17H26N2O2S/c1-12(2)14-4-9-22-16(14)17(20)19-10-13(3)15(11-19)18-5-7-21-8-6-18/h4,9,12-13,15H,5-8,10-11H2,1-3H3/t13-,15-/m0/s1. The zero-order valence-electron chi connectivity index (χ0n) is 13.7. The van der Waals surface area contributed by atoms with E-state index in [1.165, 1.54) is 5.56 Å². The molecule has 3 heterocycles. The number of ether oxygens (including phenoxy) is 1. The number of amides is 1. The maximum absolute atomic E-state index is 12.9. The second kappa shape index (κ2) is 6.69. The van der Waals surface area contributed by atoms with Gasteiger partial charge >= 0.3 is 0 Å². The molecule has 0 radical (unpaired) electrons. The molecule has 1 amide bonds. The van der Waals surface area contributed by atoms with E-state index in [1.54, 1.807) is 11.3 Å². The number of hydrogen-bond donors (Lipinski definition) is 0. The lowest BCUT2D eigenvalue weighted by Crippen LogP contribution is -2.47. The Kier molecular flexibility index (Phi) is 4.85. The van der Waals surface area contributed by atoms with Crippen LogP contribution >= 0.6 is 11.3 Å². The molecule has 0 saturated carbocycles. The third-order valence-corrected chi connectivity index (χ3v) is 5.80. The van der Waals surface area contributed by atoms with Crippen molar-refractivity contribution in [3.63, 3.8) is 0 Å². The average molecular weight is 322 g/mol. The fourth-order valence-electron chi connectivity index (χ4n) is 3.59. The van der Waals surface area contributed by atoms with Crippen LogP contribution in [0, 0.1) is 5.92 Å². The summed E-state index contributed by atoms with van der Waals surface area (Å²) < 4.78 is 5.45. The smallest absolute Gasteiger partial charge is 0.264 e. The molecule has 0 N–H and O–H groups in total. The summed E-state index contributed by atoms with van der Waals surface area (Å²) in [5, 5.41) is 2.04. The van der Waals surface area contributed by atoms with Crippen molar-refractivity contribution in [1.29, 1.82) is 0 Å². The van der Waals surface area contributed by atoms with Gasteiger partial charge in [-0.05, 0) is 28.8 Å². The molecule has 1 aromatic heterocycles. The maximum atomic E-state index is 12.9. The molecule has 0 spiro atoms. The minimum Gasteiger partial charge on any atom is -0.379 e. The minimum atomic E-state index is 0.223. The predicted octanol–water partition coefficient (Wildman–Crippen LogP) is 2.66. The molecule has 2 aliphatic heterocycles. The van der Waals surface area contributed by atoms with Gasteiger partial charge in [0.2, 0.25) is 0 Å². The van der Waals surface area contributed by atoms with Crippen LogP contribution in [0.2, 0.25) is 0 Å². The van der Waals surface area contributed by atoms with E-state index >= 15 is 0 Å². The van der Waals surface area contributed by atoms with Crippen LogP contribution in [0.4, 0.5) is 0 Å². The summed E-state index contributed by atoms with van der Waals surface area (Å²) in [4.78, 5) is 18.4. The first kappa shape index (κ1) is 16.0. The van der Waals surface area contributed by atoms with Crippen molar-refractivity contribution in [2.75, 3.05) is 39.4 Å². The molecule has 2 saturated heterocycles. The highest BCUT2D eigenvalue weighted by Crippen LogP contribution is 2.29. The summed E-state index contributed by atoms with van der Waals surface area (Å²) in [7, 11) is 0. The Morgan fingerprint density at radius 1 is 1.32 bits per heavy atom. The lowest BCUT2D eigenvalue weighted by atomic mass is 10.0. The molecule has 3 rings (SSSR count). The molecule has 2 aliphatic rings. The van der Waals surface area contributed by atoms with Gasteiger partial charge < -0.3 is 9.64 Å². The fourth-order valence-corrected chi connectivity index (χ4v) is 4.61. The van der Waals surface area contributed by atoms with E-state index in [4.69, 9.17) is 4.74 Å². The molecule has 0 aliphatic carbocycles. The summed E-state index contributed by atoms with van der Waals surface area (Å²) in [5.74, 6) is 1.16. The Morgan fingerprint density at radius 3 is 2.73 bits per heavy atom. The molecule has 0 bridgehead atoms. The number of hydrogen-bond acceptors (Lipinski definition) is 4. The molecular formula is C17H26N2O2S. The topological polar surface area (TPSA) is 32.8 Å². The van der Waals surface area contributed by atoms with Gasteiger partial charge in [-0.3, -0.25) is 9.69 Å². The minimum absolute atomic E-state index is 0.223. The van der Waals surface area contributed by atoms with E-state index in [9.17, 15) is 4.79 Å². The van der Waals surface area contributed by atoms with Gasteiger partial charge in [-0.25, -0.2) is 0 Å². The van der Waals surface area contributed by atoms with Crippen LogP contribution in [-0.2, 0) is 4.74 Å². The van der Waals surface area contributed by atoms with Crippen LogP contribution in [0.25, 0.3) is 0 Å². The molecule has 22 heavy (non-hydrogen) atoms. The highest BCUT2D eigenvalue weighted by atomic mass is 32.1. The van der Waals surface area contributed by atoms with Gasteiger partial charge in [0.05, 0.1) is 18.1 Å². The van der Waals surface area contributed by atoms with E-state index in [0.29, 0.717) is 17.9 Å². The molecule has 2 atom stereocenters. The molecule has 0 aromatic carbocycles. The monoisotopic (exact) mass is 322 g/mol. The molecule has 2 fully saturated rings. The van der Waals surface area contributed by atoms with Gasteiger partial charge in [0.25, 0.3) is 5.91 Å². The number of rotatable bonds is 3. The molecule has 1 aromatic rings. The molecule has 122 valence electrons. The molecule has 5 heteroatoms. The van der Waals surface area contributed by atoms with Crippen molar-refractivity contribution in [2.24, 2.45) is 5.92 Å². The number of thiophene rings is 1. The quantitative estimate of drug-likeness (QED) is 0.858. The first-order valence-electron chi connectivity index (χ1n) is 8.26. The second-order valence-electron chi connectivity index (χ2n) is 6.76. The summed E-state index contributed by atoms with van der Waals surface area (Å²) in [6.07, 6.45) is 0. The van der Waals surface area contributed by atoms with E-state index in [0.717, 1.165) is 44.3 Å². The van der Waals surface area contributed by atoms with Gasteiger partial charge in [0.15, 0.2) is 0 Å². The van der Waals surface area contributed by atoms with Crippen LogP contribution in [0.5, 0.6) is 0 Å². The summed E-state index contributed by atoms with van der Waals surface area (Å²) in [5.41, 5.74) is 1.19. The van der Waals surface area contributed by atoms with Crippen LogP contribution in [0.15, 0.2) is 11.4 Å². The largest absolute Gasteiger partial charge is 0.379 e. The van der Waals surface area contributed by atoms with Crippen LogP contribution in [0.3, 0.4) is 0 Å². The normalized spacial score (nSPS) is 26.8. The first-order valence-corrected chi connectivity index (χ1v) is 9.14. The van der Waals surface area contributed by atoms with Crippen molar-refractivity contribution in [3.8, 4) is 0 Å². The molecule has 4 nitrogen and oxygen atoms in total. The second-order valence-corrected chi connectivity index (χ2v) is 7.68. The van der Waals surface area contributed by atoms with Crippen molar-refractivity contribution in [3.05, 3.63) is 21.9 Å². The van der Waals surface area contributed by atoms with Crippen LogP contribution in [0.1, 0.15) is 41.9 Å². The fraction of sp³-hybridized carbons (Fsp3) is 0.706. The zero-order chi connectivity index (χ0) is 15.7. The lowest BCUT2D eigenvalue weighted by molar-refractivity contribution is 0.0119. The summed E-state index contributed by atoms with van der Waals surface area (Å²) >= 11 is 1.59. The number of nitrogens with zero attached hydrogens (tertiary/aromatic N) is 2. The Bertz CT molecular complexity index is 522. The van der Waals surface area contributed by atoms with Crippen LogP contribution < -0.4 is 0 Å². The molecule has 0 unspecified atom stereocenters. The average Bonchev–Trinajstić information content (AvgIpc) is 3.14. The Morgan fingerprint density at radius 2 is 2.05 bits per heavy atom. The zero-order valence-corrected chi connectivity index (χ0v) is 14.6.